The largest absolute Gasteiger partial charge is 0.431 e. The molecule has 2 aliphatic rings. The molecular formula is C28H30Cl2N3O7P3. The first-order valence-electron chi connectivity index (χ1n) is 13.6. The molecule has 2 aliphatic heterocycles. The Morgan fingerprint density at radius 2 is 1.00 bits per heavy atom. The van der Waals surface area contributed by atoms with Crippen molar-refractivity contribution in [2.45, 2.75) is 0 Å². The standard InChI is InChI=1S/C28H30Cl2N3O7P3/c29-41-31-42(30,39-27-11-9-23-5-1-3-7-25(23)21-27)33-43(32-41,40-28-12-10-24-6-2-4-8-26(24)22-28)38-20-18-36-16-14-34-13-15-35-17-19-37-41/h1-12,21-22H,13-20H2. The average Bonchev–Trinajstić information content (AvgIpc) is 2.98. The molecule has 0 saturated carbocycles. The molecule has 4 aromatic rings. The summed E-state index contributed by atoms with van der Waals surface area (Å²) < 4.78 is 56.2. The van der Waals surface area contributed by atoms with Crippen LogP contribution < -0.4 is 9.05 Å². The van der Waals surface area contributed by atoms with E-state index in [-0.39, 0.29) is 26.4 Å². The summed E-state index contributed by atoms with van der Waals surface area (Å²) in [5, 5.41) is 4.04. The van der Waals surface area contributed by atoms with Crippen LogP contribution in [-0.4, -0.2) is 52.9 Å². The Morgan fingerprint density at radius 1 is 0.512 bits per heavy atom. The Labute approximate surface area is 259 Å². The molecule has 0 aliphatic carbocycles. The van der Waals surface area contributed by atoms with E-state index in [0.717, 1.165) is 21.5 Å². The normalized spacial score (nSPS) is 27.4. The fraction of sp³-hybridized carbons (Fsp3) is 0.286. The zero-order valence-corrected chi connectivity index (χ0v) is 27.2. The number of benzene rings is 4. The summed E-state index contributed by atoms with van der Waals surface area (Å²) in [4.78, 5) is 0. The molecule has 43 heavy (non-hydrogen) atoms. The Balaban J connectivity index is 1.42. The number of nitrogens with zero attached hydrogens (tertiary/aromatic N) is 3. The summed E-state index contributed by atoms with van der Waals surface area (Å²) in [6.07, 6.45) is 0. The number of ether oxygens (including phenoxy) is 3. The Hall–Kier alpha value is -1.93. The van der Waals surface area contributed by atoms with Crippen LogP contribution in [0.1, 0.15) is 0 Å². The van der Waals surface area contributed by atoms with Gasteiger partial charge in [-0.25, -0.2) is 0 Å². The molecule has 3 unspecified atom stereocenters. The van der Waals surface area contributed by atoms with Gasteiger partial charge in [-0.15, -0.1) is 9.03 Å². The van der Waals surface area contributed by atoms with Crippen LogP contribution in [0.2, 0.25) is 0 Å². The predicted octanol–water partition coefficient (Wildman–Crippen LogP) is 9.88. The average molecular weight is 684 g/mol. The SMILES string of the molecule is ClP12=NP(Oc3ccc4ccccc4c3)(=NP(Cl)(Oc3ccc4ccccc4c3)=N1)OCCOCCOCCOCCO2. The molecule has 0 fully saturated rings. The maximum Gasteiger partial charge on any atom is 0.401 e. The highest BCUT2D eigenvalue weighted by molar-refractivity contribution is 8.00. The fourth-order valence-electron chi connectivity index (χ4n) is 4.36. The van der Waals surface area contributed by atoms with Crippen LogP contribution in [0, 0.1) is 0 Å². The van der Waals surface area contributed by atoms with Gasteiger partial charge >= 0.3 is 21.2 Å². The van der Waals surface area contributed by atoms with Crippen LogP contribution in [0.25, 0.3) is 21.5 Å². The summed E-state index contributed by atoms with van der Waals surface area (Å²) in [5.41, 5.74) is 0. The van der Waals surface area contributed by atoms with E-state index in [1.54, 1.807) is 0 Å². The molecule has 0 radical (unpaired) electrons. The molecular weight excluding hydrogens is 654 g/mol. The van der Waals surface area contributed by atoms with Gasteiger partial charge in [0.25, 0.3) is 0 Å². The van der Waals surface area contributed by atoms with Gasteiger partial charge in [0.05, 0.1) is 52.9 Å². The van der Waals surface area contributed by atoms with Crippen molar-refractivity contribution in [2.24, 2.45) is 13.5 Å². The molecule has 4 aromatic carbocycles. The maximum absolute atomic E-state index is 7.15. The third-order valence-electron chi connectivity index (χ3n) is 6.27. The van der Waals surface area contributed by atoms with Gasteiger partial charge in [-0.05, 0) is 68.3 Å². The smallest absolute Gasteiger partial charge is 0.401 e. The first-order valence-corrected chi connectivity index (χ1v) is 20.2. The number of hydrogen-bond donors (Lipinski definition) is 0. The quantitative estimate of drug-likeness (QED) is 0.197. The lowest BCUT2D eigenvalue weighted by Gasteiger charge is -2.29. The second-order valence-corrected chi connectivity index (χ2v) is 18.0. The van der Waals surface area contributed by atoms with E-state index in [0.29, 0.717) is 37.9 Å². The lowest BCUT2D eigenvalue weighted by atomic mass is 10.1. The molecule has 2 heterocycles. The van der Waals surface area contributed by atoms with Crippen molar-refractivity contribution in [3.63, 3.8) is 0 Å². The molecule has 3 atom stereocenters. The number of halogens is 2. The highest BCUT2D eigenvalue weighted by Gasteiger charge is 2.41. The van der Waals surface area contributed by atoms with Crippen molar-refractivity contribution < 1.29 is 32.3 Å². The van der Waals surface area contributed by atoms with Gasteiger partial charge in [0.15, 0.2) is 0 Å². The molecule has 0 amide bonds. The van der Waals surface area contributed by atoms with E-state index in [4.69, 9.17) is 63.8 Å². The fourth-order valence-corrected chi connectivity index (χ4v) is 15.9. The third kappa shape index (κ3) is 8.22. The van der Waals surface area contributed by atoms with Gasteiger partial charge in [0.1, 0.15) is 11.5 Å². The first kappa shape index (κ1) is 31.1. The summed E-state index contributed by atoms with van der Waals surface area (Å²) in [5.74, 6) is 0.947. The van der Waals surface area contributed by atoms with Crippen LogP contribution in [0.5, 0.6) is 11.5 Å². The highest BCUT2D eigenvalue weighted by Crippen LogP contribution is 2.82. The zero-order chi connectivity index (χ0) is 29.6. The minimum atomic E-state index is -3.62. The van der Waals surface area contributed by atoms with Crippen molar-refractivity contribution >= 4 is 65.3 Å². The monoisotopic (exact) mass is 683 g/mol. The van der Waals surface area contributed by atoms with Crippen molar-refractivity contribution in [3.8, 4) is 11.5 Å². The second kappa shape index (κ2) is 14.0. The summed E-state index contributed by atoms with van der Waals surface area (Å²) in [6, 6.07) is 27.1. The van der Waals surface area contributed by atoms with Crippen LogP contribution >= 0.6 is 43.7 Å². The van der Waals surface area contributed by atoms with Crippen molar-refractivity contribution in [2.75, 3.05) is 52.9 Å². The maximum atomic E-state index is 7.15. The van der Waals surface area contributed by atoms with Crippen LogP contribution in [0.15, 0.2) is 98.5 Å². The molecule has 0 saturated heterocycles. The molecule has 0 aromatic heterocycles. The Morgan fingerprint density at radius 3 is 1.58 bits per heavy atom. The van der Waals surface area contributed by atoms with Crippen LogP contribution in [0.3, 0.4) is 0 Å². The van der Waals surface area contributed by atoms with E-state index in [2.05, 4.69) is 4.52 Å². The molecule has 0 N–H and O–H groups in total. The second-order valence-electron chi connectivity index (χ2n) is 9.41. The number of rotatable bonds is 4. The van der Waals surface area contributed by atoms with E-state index in [1.165, 1.54) is 0 Å². The van der Waals surface area contributed by atoms with Crippen molar-refractivity contribution in [1.82, 2.24) is 0 Å². The van der Waals surface area contributed by atoms with E-state index in [9.17, 15) is 0 Å². The lowest BCUT2D eigenvalue weighted by molar-refractivity contribution is 0.00518. The van der Waals surface area contributed by atoms with Gasteiger partial charge in [-0.2, -0.15) is 4.52 Å². The first-order chi connectivity index (χ1) is 20.9. The van der Waals surface area contributed by atoms with E-state index >= 15 is 0 Å². The molecule has 15 heteroatoms. The van der Waals surface area contributed by atoms with Gasteiger partial charge in [-0.1, -0.05) is 60.7 Å². The Bertz CT molecular complexity index is 1770. The predicted molar refractivity (Wildman–Crippen MR) is 173 cm³/mol. The number of fused-ring (bicyclic) bond motifs is 3. The van der Waals surface area contributed by atoms with Crippen LogP contribution in [-0.2, 0) is 23.3 Å². The summed E-state index contributed by atoms with van der Waals surface area (Å²) in [6.45, 7) is -4.76. The van der Waals surface area contributed by atoms with Crippen molar-refractivity contribution in [1.29, 1.82) is 0 Å². The lowest BCUT2D eigenvalue weighted by Crippen LogP contribution is -2.13. The summed E-state index contributed by atoms with van der Waals surface area (Å²) in [7, 11) is -3.62. The molecule has 10 nitrogen and oxygen atoms in total. The highest BCUT2D eigenvalue weighted by atomic mass is 35.7. The van der Waals surface area contributed by atoms with E-state index < -0.39 is 21.2 Å². The zero-order valence-electron chi connectivity index (χ0n) is 23.0. The molecule has 228 valence electrons. The van der Waals surface area contributed by atoms with Crippen LogP contribution in [0.4, 0.5) is 0 Å². The minimum Gasteiger partial charge on any atom is -0.431 e. The molecule has 2 bridgehead atoms. The van der Waals surface area contributed by atoms with Gasteiger partial charge in [0.2, 0.25) is 0 Å². The van der Waals surface area contributed by atoms with Gasteiger partial charge < -0.3 is 27.8 Å². The molecule has 0 spiro atoms. The molecule has 6 rings (SSSR count). The minimum absolute atomic E-state index is 0.0984. The summed E-state index contributed by atoms with van der Waals surface area (Å²) >= 11 is 14.2. The van der Waals surface area contributed by atoms with Gasteiger partial charge in [0, 0.05) is 0 Å². The van der Waals surface area contributed by atoms with Crippen molar-refractivity contribution in [3.05, 3.63) is 84.9 Å². The third-order valence-corrected chi connectivity index (χ3v) is 16.5. The Kier molecular flexibility index (Phi) is 10.1. The van der Waals surface area contributed by atoms with E-state index in [1.807, 2.05) is 84.9 Å². The number of hydrogen-bond acceptors (Lipinski definition) is 10. The topological polar surface area (TPSA) is 102 Å². The van der Waals surface area contributed by atoms with Gasteiger partial charge in [-0.3, -0.25) is 4.52 Å².